The van der Waals surface area contributed by atoms with Gasteiger partial charge < -0.3 is 4.74 Å². The van der Waals surface area contributed by atoms with Crippen LogP contribution in [-0.2, 0) is 6.42 Å². The van der Waals surface area contributed by atoms with E-state index in [1.54, 1.807) is 18.2 Å². The van der Waals surface area contributed by atoms with E-state index in [4.69, 9.17) is 10.00 Å². The van der Waals surface area contributed by atoms with E-state index in [1.165, 1.54) is 25.7 Å². The number of nitrogens with zero attached hydrogens (tertiary/aromatic N) is 3. The van der Waals surface area contributed by atoms with Crippen molar-refractivity contribution >= 4 is 5.78 Å². The predicted molar refractivity (Wildman–Crippen MR) is 67.8 cm³/mol. The average Bonchev–Trinajstić information content (AvgIpc) is 2.47. The molecule has 0 fully saturated rings. The molecular weight excluding hydrogens is 242 g/mol. The van der Waals surface area contributed by atoms with Crippen molar-refractivity contribution in [2.75, 3.05) is 7.11 Å². The standard InChI is InChI=1S/C14H11N3O2/c1-19-14-7-10(3-5-17-14)13(18)6-12-9-16-4-2-11(12)8-15/h2-5,7,9H,6H2,1H3. The van der Waals surface area contributed by atoms with Gasteiger partial charge in [0.1, 0.15) is 0 Å². The zero-order valence-corrected chi connectivity index (χ0v) is 10.3. The highest BCUT2D eigenvalue weighted by Crippen LogP contribution is 2.13. The number of Topliss-reactive ketones (excluding diaryl/α,β-unsaturated/α-hetero) is 1. The number of carbonyl (C=O) groups is 1. The van der Waals surface area contributed by atoms with Crippen LogP contribution in [0.2, 0.25) is 0 Å². The molecule has 0 bridgehead atoms. The molecule has 0 atom stereocenters. The molecule has 0 N–H and O–H groups in total. The van der Waals surface area contributed by atoms with Crippen LogP contribution in [0.4, 0.5) is 0 Å². The van der Waals surface area contributed by atoms with Gasteiger partial charge in [-0.25, -0.2) is 4.98 Å². The number of carbonyl (C=O) groups excluding carboxylic acids is 1. The molecule has 0 radical (unpaired) electrons. The Bertz CT molecular complexity index is 647. The summed E-state index contributed by atoms with van der Waals surface area (Å²) in [4.78, 5) is 20.0. The van der Waals surface area contributed by atoms with Gasteiger partial charge in [0.15, 0.2) is 5.78 Å². The van der Waals surface area contributed by atoms with Crippen LogP contribution in [0.25, 0.3) is 0 Å². The largest absolute Gasteiger partial charge is 0.481 e. The van der Waals surface area contributed by atoms with Crippen LogP contribution >= 0.6 is 0 Å². The summed E-state index contributed by atoms with van der Waals surface area (Å²) in [5.41, 5.74) is 1.58. The molecule has 0 aromatic carbocycles. The summed E-state index contributed by atoms with van der Waals surface area (Å²) in [5.74, 6) is 0.280. The zero-order valence-electron chi connectivity index (χ0n) is 10.3. The van der Waals surface area contributed by atoms with Crippen molar-refractivity contribution in [3.05, 3.63) is 53.5 Å². The quantitative estimate of drug-likeness (QED) is 0.776. The molecule has 2 rings (SSSR count). The zero-order chi connectivity index (χ0) is 13.7. The van der Waals surface area contributed by atoms with Crippen LogP contribution in [-0.4, -0.2) is 22.9 Å². The van der Waals surface area contributed by atoms with E-state index in [9.17, 15) is 4.79 Å². The van der Waals surface area contributed by atoms with Crippen molar-refractivity contribution in [2.24, 2.45) is 0 Å². The van der Waals surface area contributed by atoms with Gasteiger partial charge in [0.2, 0.25) is 5.88 Å². The van der Waals surface area contributed by atoms with Gasteiger partial charge in [0, 0.05) is 36.6 Å². The van der Waals surface area contributed by atoms with E-state index in [-0.39, 0.29) is 12.2 Å². The van der Waals surface area contributed by atoms with Gasteiger partial charge in [-0.3, -0.25) is 9.78 Å². The van der Waals surface area contributed by atoms with Crippen LogP contribution in [0.1, 0.15) is 21.5 Å². The number of ether oxygens (including phenoxy) is 1. The normalized spacial score (nSPS) is 9.68. The highest BCUT2D eigenvalue weighted by Gasteiger charge is 2.11. The van der Waals surface area contributed by atoms with E-state index in [0.29, 0.717) is 22.6 Å². The smallest absolute Gasteiger partial charge is 0.213 e. The van der Waals surface area contributed by atoms with Crippen molar-refractivity contribution in [2.45, 2.75) is 6.42 Å². The third kappa shape index (κ3) is 2.93. The number of ketones is 1. The first kappa shape index (κ1) is 12.7. The first-order valence-electron chi connectivity index (χ1n) is 5.61. The van der Waals surface area contributed by atoms with Crippen LogP contribution in [0, 0.1) is 11.3 Å². The molecule has 0 saturated heterocycles. The van der Waals surface area contributed by atoms with E-state index in [2.05, 4.69) is 9.97 Å². The molecule has 5 nitrogen and oxygen atoms in total. The van der Waals surface area contributed by atoms with Gasteiger partial charge in [-0.1, -0.05) is 0 Å². The lowest BCUT2D eigenvalue weighted by atomic mass is 10.0. The second-order valence-electron chi connectivity index (χ2n) is 3.83. The predicted octanol–water partition coefficient (Wildman–Crippen LogP) is 1.78. The summed E-state index contributed by atoms with van der Waals surface area (Å²) >= 11 is 0. The highest BCUT2D eigenvalue weighted by atomic mass is 16.5. The maximum atomic E-state index is 12.1. The molecule has 0 unspecified atom stereocenters. The van der Waals surface area contributed by atoms with Crippen molar-refractivity contribution in [3.63, 3.8) is 0 Å². The Morgan fingerprint density at radius 3 is 3.00 bits per heavy atom. The van der Waals surface area contributed by atoms with Crippen molar-refractivity contribution < 1.29 is 9.53 Å². The van der Waals surface area contributed by atoms with E-state index in [0.717, 1.165) is 0 Å². The number of hydrogen-bond acceptors (Lipinski definition) is 5. The fourth-order valence-electron chi connectivity index (χ4n) is 1.65. The molecule has 2 aromatic rings. The number of hydrogen-bond donors (Lipinski definition) is 0. The summed E-state index contributed by atoms with van der Waals surface area (Å²) in [6.45, 7) is 0. The second-order valence-corrected chi connectivity index (χ2v) is 3.83. The third-order valence-electron chi connectivity index (χ3n) is 2.64. The van der Waals surface area contributed by atoms with Crippen LogP contribution in [0.15, 0.2) is 36.8 Å². The van der Waals surface area contributed by atoms with Crippen LogP contribution in [0.3, 0.4) is 0 Å². The Morgan fingerprint density at radius 2 is 2.26 bits per heavy atom. The maximum Gasteiger partial charge on any atom is 0.213 e. The van der Waals surface area contributed by atoms with Gasteiger partial charge in [0.25, 0.3) is 0 Å². The fourth-order valence-corrected chi connectivity index (χ4v) is 1.65. The third-order valence-corrected chi connectivity index (χ3v) is 2.64. The average molecular weight is 253 g/mol. The van der Waals surface area contributed by atoms with Gasteiger partial charge in [-0.15, -0.1) is 0 Å². The minimum absolute atomic E-state index is 0.106. The molecule has 0 spiro atoms. The lowest BCUT2D eigenvalue weighted by Gasteiger charge is -2.04. The Morgan fingerprint density at radius 1 is 1.42 bits per heavy atom. The molecule has 0 aliphatic rings. The first-order valence-corrected chi connectivity index (χ1v) is 5.61. The monoisotopic (exact) mass is 253 g/mol. The number of rotatable bonds is 4. The number of methoxy groups -OCH3 is 1. The fraction of sp³-hybridized carbons (Fsp3) is 0.143. The van der Waals surface area contributed by atoms with Crippen molar-refractivity contribution in [3.8, 4) is 11.9 Å². The number of aromatic nitrogens is 2. The van der Waals surface area contributed by atoms with E-state index in [1.807, 2.05) is 6.07 Å². The summed E-state index contributed by atoms with van der Waals surface area (Å²) in [7, 11) is 1.49. The minimum atomic E-state index is -0.106. The summed E-state index contributed by atoms with van der Waals surface area (Å²) in [6.07, 6.45) is 4.71. The Labute approximate surface area is 110 Å². The van der Waals surface area contributed by atoms with Crippen molar-refractivity contribution in [1.29, 1.82) is 5.26 Å². The lowest BCUT2D eigenvalue weighted by Crippen LogP contribution is -2.06. The molecule has 2 heterocycles. The molecule has 94 valence electrons. The molecule has 19 heavy (non-hydrogen) atoms. The molecule has 0 aliphatic heterocycles. The molecular formula is C14H11N3O2. The topological polar surface area (TPSA) is 75.9 Å². The van der Waals surface area contributed by atoms with Crippen molar-refractivity contribution in [1.82, 2.24) is 9.97 Å². The minimum Gasteiger partial charge on any atom is -0.481 e. The Hall–Kier alpha value is -2.74. The summed E-state index contributed by atoms with van der Waals surface area (Å²) in [6, 6.07) is 6.83. The second kappa shape index (κ2) is 5.74. The first-order chi connectivity index (χ1) is 9.24. The maximum absolute atomic E-state index is 12.1. The van der Waals surface area contributed by atoms with Crippen LogP contribution < -0.4 is 4.74 Å². The Balaban J connectivity index is 2.23. The number of pyridine rings is 2. The molecule has 0 aliphatic carbocycles. The van der Waals surface area contributed by atoms with E-state index < -0.39 is 0 Å². The van der Waals surface area contributed by atoms with Gasteiger partial charge >= 0.3 is 0 Å². The molecule has 5 heteroatoms. The molecule has 0 saturated carbocycles. The summed E-state index contributed by atoms with van der Waals surface area (Å²) in [5, 5.41) is 8.96. The van der Waals surface area contributed by atoms with E-state index >= 15 is 0 Å². The SMILES string of the molecule is COc1cc(C(=O)Cc2cnccc2C#N)ccn1. The van der Waals surface area contributed by atoms with Gasteiger partial charge in [-0.05, 0) is 17.7 Å². The van der Waals surface area contributed by atoms with Gasteiger partial charge in [-0.2, -0.15) is 5.26 Å². The van der Waals surface area contributed by atoms with Gasteiger partial charge in [0.05, 0.1) is 18.7 Å². The Kier molecular flexibility index (Phi) is 3.84. The molecule has 2 aromatic heterocycles. The lowest BCUT2D eigenvalue weighted by molar-refractivity contribution is 0.0992. The van der Waals surface area contributed by atoms with Crippen LogP contribution in [0.5, 0.6) is 5.88 Å². The number of nitriles is 1. The summed E-state index contributed by atoms with van der Waals surface area (Å²) < 4.78 is 4.97. The highest BCUT2D eigenvalue weighted by molar-refractivity contribution is 5.97. The molecule has 0 amide bonds.